The highest BCUT2D eigenvalue weighted by molar-refractivity contribution is 7.09. The van der Waals surface area contributed by atoms with E-state index in [1.165, 1.54) is 30.4 Å². The Labute approximate surface area is 218 Å². The summed E-state index contributed by atoms with van der Waals surface area (Å²) in [5.74, 6) is 0.882. The monoisotopic (exact) mass is 501 g/mol. The second kappa shape index (κ2) is 11.8. The van der Waals surface area contributed by atoms with Gasteiger partial charge >= 0.3 is 0 Å². The molecule has 2 aliphatic rings. The van der Waals surface area contributed by atoms with Crippen molar-refractivity contribution in [3.8, 4) is 0 Å². The molecule has 1 saturated heterocycles. The third-order valence-corrected chi connectivity index (χ3v) is 8.74. The molecule has 2 aromatic carbocycles. The van der Waals surface area contributed by atoms with Crippen LogP contribution in [0.15, 0.2) is 66.0 Å². The summed E-state index contributed by atoms with van der Waals surface area (Å²) in [6, 6.07) is 20.6. The molecule has 36 heavy (non-hydrogen) atoms. The van der Waals surface area contributed by atoms with E-state index in [0.717, 1.165) is 43.8 Å². The molecule has 5 rings (SSSR count). The molecule has 1 aliphatic carbocycles. The van der Waals surface area contributed by atoms with Crippen molar-refractivity contribution < 1.29 is 9.59 Å². The minimum atomic E-state index is -0.126. The smallest absolute Gasteiger partial charge is 0.270 e. The van der Waals surface area contributed by atoms with E-state index in [0.29, 0.717) is 24.1 Å². The van der Waals surface area contributed by atoms with Crippen LogP contribution in [0.2, 0.25) is 0 Å². The quantitative estimate of drug-likeness (QED) is 0.432. The molecule has 0 atom stereocenters. The minimum Gasteiger partial charge on any atom is -0.350 e. The van der Waals surface area contributed by atoms with Crippen molar-refractivity contribution in [2.24, 2.45) is 5.92 Å². The van der Waals surface area contributed by atoms with Crippen molar-refractivity contribution in [1.82, 2.24) is 15.2 Å². The summed E-state index contributed by atoms with van der Waals surface area (Å²) in [4.78, 5) is 32.7. The molecule has 1 aliphatic heterocycles. The second-order valence-corrected chi connectivity index (χ2v) is 11.0. The van der Waals surface area contributed by atoms with E-state index < -0.39 is 0 Å². The molecule has 2 amide bonds. The van der Waals surface area contributed by atoms with Crippen molar-refractivity contribution in [1.29, 1.82) is 0 Å². The molecule has 188 valence electrons. The molecule has 0 unspecified atom stereocenters. The van der Waals surface area contributed by atoms with E-state index >= 15 is 0 Å². The van der Waals surface area contributed by atoms with Crippen LogP contribution >= 0.6 is 11.3 Å². The van der Waals surface area contributed by atoms with E-state index in [-0.39, 0.29) is 17.7 Å². The Bertz CT molecular complexity index is 1090. The van der Waals surface area contributed by atoms with Crippen LogP contribution in [0, 0.1) is 5.92 Å². The molecule has 1 N–H and O–H groups in total. The van der Waals surface area contributed by atoms with Gasteiger partial charge in [0.1, 0.15) is 5.69 Å². The molecule has 2 fully saturated rings. The largest absolute Gasteiger partial charge is 0.350 e. The van der Waals surface area contributed by atoms with Crippen molar-refractivity contribution in [3.63, 3.8) is 0 Å². The maximum atomic E-state index is 13.0. The fraction of sp³-hybridized carbons (Fsp3) is 0.433. The van der Waals surface area contributed by atoms with E-state index in [1.807, 2.05) is 41.8 Å². The van der Waals surface area contributed by atoms with Crippen LogP contribution < -0.4 is 5.32 Å². The third kappa shape index (κ3) is 5.86. The Balaban J connectivity index is 1.17. The van der Waals surface area contributed by atoms with Gasteiger partial charge < -0.3 is 10.2 Å². The van der Waals surface area contributed by atoms with Crippen LogP contribution in [0.1, 0.15) is 83.4 Å². The zero-order valence-corrected chi connectivity index (χ0v) is 21.6. The van der Waals surface area contributed by atoms with Crippen molar-refractivity contribution >= 4 is 23.2 Å². The lowest BCUT2D eigenvalue weighted by Gasteiger charge is -2.34. The number of thiazole rings is 1. The molecule has 0 bridgehead atoms. The maximum Gasteiger partial charge on any atom is 0.270 e. The van der Waals surface area contributed by atoms with Crippen LogP contribution in [0.5, 0.6) is 0 Å². The molecule has 0 radical (unpaired) electrons. The number of amides is 2. The first-order valence-electron chi connectivity index (χ1n) is 13.3. The number of carbonyl (C=O) groups is 2. The summed E-state index contributed by atoms with van der Waals surface area (Å²) >= 11 is 1.57. The van der Waals surface area contributed by atoms with Gasteiger partial charge in [-0.15, -0.1) is 11.3 Å². The summed E-state index contributed by atoms with van der Waals surface area (Å²) in [5.41, 5.74) is 2.85. The number of likely N-dealkylation sites (tertiary alicyclic amines) is 1. The minimum absolute atomic E-state index is 0.0838. The lowest BCUT2D eigenvalue weighted by Crippen LogP contribution is -2.41. The van der Waals surface area contributed by atoms with Crippen LogP contribution in [-0.2, 0) is 4.79 Å². The first-order chi connectivity index (χ1) is 17.7. The predicted octanol–water partition coefficient (Wildman–Crippen LogP) is 5.99. The van der Waals surface area contributed by atoms with Gasteiger partial charge in [0.2, 0.25) is 5.91 Å². The highest BCUT2D eigenvalue weighted by atomic mass is 32.1. The predicted molar refractivity (Wildman–Crippen MR) is 144 cm³/mol. The fourth-order valence-corrected chi connectivity index (χ4v) is 6.59. The first-order valence-corrected chi connectivity index (χ1v) is 14.2. The van der Waals surface area contributed by atoms with Crippen molar-refractivity contribution in [3.05, 3.63) is 87.9 Å². The molecule has 1 aromatic heterocycles. The number of carbonyl (C=O) groups excluding carboxylic acids is 2. The molecule has 2 heterocycles. The van der Waals surface area contributed by atoms with Gasteiger partial charge in [0.05, 0.1) is 5.01 Å². The van der Waals surface area contributed by atoms with Gasteiger partial charge in [-0.05, 0) is 36.8 Å². The Hall–Kier alpha value is -2.99. The summed E-state index contributed by atoms with van der Waals surface area (Å²) in [5, 5.41) is 6.02. The zero-order valence-electron chi connectivity index (χ0n) is 20.8. The van der Waals surface area contributed by atoms with E-state index in [2.05, 4.69) is 34.5 Å². The topological polar surface area (TPSA) is 62.3 Å². The normalized spacial score (nSPS) is 17.3. The summed E-state index contributed by atoms with van der Waals surface area (Å²) in [6.45, 7) is 2.12. The van der Waals surface area contributed by atoms with Gasteiger partial charge in [0, 0.05) is 42.8 Å². The second-order valence-electron chi connectivity index (χ2n) is 10.1. The SMILES string of the molecule is O=C(NCC(c1ccccc1)c1ccccc1)c1csc(C2CCN(C(=O)C3CCCCC3)CC2)n1. The lowest BCUT2D eigenvalue weighted by molar-refractivity contribution is -0.137. The Morgan fingerprint density at radius 2 is 1.50 bits per heavy atom. The summed E-state index contributed by atoms with van der Waals surface area (Å²) in [7, 11) is 0. The molecule has 5 nitrogen and oxygen atoms in total. The Morgan fingerprint density at radius 3 is 2.11 bits per heavy atom. The number of nitrogens with one attached hydrogen (secondary N) is 1. The lowest BCUT2D eigenvalue weighted by atomic mass is 9.87. The summed E-state index contributed by atoms with van der Waals surface area (Å²) in [6.07, 6.45) is 7.61. The Morgan fingerprint density at radius 1 is 0.889 bits per heavy atom. The number of piperidine rings is 1. The van der Waals surface area contributed by atoms with Gasteiger partial charge in [0.25, 0.3) is 5.91 Å². The average molecular weight is 502 g/mol. The summed E-state index contributed by atoms with van der Waals surface area (Å²) < 4.78 is 0. The molecular formula is C30H35N3O2S. The standard InChI is InChI=1S/C30H35N3O2S/c34-28(31-20-26(22-10-4-1-5-11-22)23-12-6-2-7-13-23)27-21-36-29(32-27)24-16-18-33(19-17-24)30(35)25-14-8-3-9-15-25/h1-2,4-7,10-13,21,24-26H,3,8-9,14-20H2,(H,31,34). The fourth-order valence-electron chi connectivity index (χ4n) is 5.62. The van der Waals surface area contributed by atoms with Crippen LogP contribution in [0.4, 0.5) is 0 Å². The third-order valence-electron chi connectivity index (χ3n) is 7.74. The number of nitrogens with zero attached hydrogens (tertiary/aromatic N) is 2. The first kappa shape index (κ1) is 24.7. The number of aromatic nitrogens is 1. The van der Waals surface area contributed by atoms with Crippen molar-refractivity contribution in [2.75, 3.05) is 19.6 Å². The van der Waals surface area contributed by atoms with Gasteiger partial charge in [-0.25, -0.2) is 4.98 Å². The van der Waals surface area contributed by atoms with Crippen LogP contribution in [-0.4, -0.2) is 41.3 Å². The van der Waals surface area contributed by atoms with Gasteiger partial charge in [-0.2, -0.15) is 0 Å². The molecule has 1 saturated carbocycles. The van der Waals surface area contributed by atoms with E-state index in [1.54, 1.807) is 11.3 Å². The zero-order chi connectivity index (χ0) is 24.7. The van der Waals surface area contributed by atoms with Gasteiger partial charge in [-0.1, -0.05) is 79.9 Å². The van der Waals surface area contributed by atoms with Gasteiger partial charge in [-0.3, -0.25) is 9.59 Å². The Kier molecular flexibility index (Phi) is 8.11. The van der Waals surface area contributed by atoms with E-state index in [4.69, 9.17) is 4.98 Å². The molecule has 3 aromatic rings. The number of benzene rings is 2. The average Bonchev–Trinajstić information content (AvgIpc) is 3.45. The van der Waals surface area contributed by atoms with Gasteiger partial charge in [0.15, 0.2) is 0 Å². The number of rotatable bonds is 7. The molecular weight excluding hydrogens is 466 g/mol. The van der Waals surface area contributed by atoms with Crippen molar-refractivity contribution in [2.45, 2.75) is 56.8 Å². The number of hydrogen-bond acceptors (Lipinski definition) is 4. The van der Waals surface area contributed by atoms with Crippen LogP contribution in [0.3, 0.4) is 0 Å². The van der Waals surface area contributed by atoms with Crippen LogP contribution in [0.25, 0.3) is 0 Å². The highest BCUT2D eigenvalue weighted by Crippen LogP contribution is 2.33. The molecule has 0 spiro atoms. The number of hydrogen-bond donors (Lipinski definition) is 1. The highest BCUT2D eigenvalue weighted by Gasteiger charge is 2.30. The molecule has 6 heteroatoms. The maximum absolute atomic E-state index is 13.0. The van der Waals surface area contributed by atoms with E-state index in [9.17, 15) is 9.59 Å².